The molecule has 21 heavy (non-hydrogen) atoms. The Balaban J connectivity index is 1.92. The van der Waals surface area contributed by atoms with Gasteiger partial charge in [-0.05, 0) is 43.9 Å². The summed E-state index contributed by atoms with van der Waals surface area (Å²) in [6, 6.07) is 5.76. The summed E-state index contributed by atoms with van der Waals surface area (Å²) in [6.45, 7) is 4.62. The van der Waals surface area contributed by atoms with Crippen LogP contribution >= 0.6 is 0 Å². The zero-order valence-electron chi connectivity index (χ0n) is 12.8. The Hall–Kier alpha value is -1.88. The molecule has 0 spiro atoms. The number of anilines is 1. The Labute approximate surface area is 125 Å². The van der Waals surface area contributed by atoms with Gasteiger partial charge < -0.3 is 15.0 Å². The van der Waals surface area contributed by atoms with Gasteiger partial charge in [-0.2, -0.15) is 0 Å². The van der Waals surface area contributed by atoms with Gasteiger partial charge in [0.05, 0.1) is 6.54 Å². The largest absolute Gasteiger partial charge is 0.368 e. The Morgan fingerprint density at radius 3 is 2.81 bits per heavy atom. The van der Waals surface area contributed by atoms with Crippen LogP contribution in [0.3, 0.4) is 0 Å². The highest BCUT2D eigenvalue weighted by Crippen LogP contribution is 2.18. The van der Waals surface area contributed by atoms with Gasteiger partial charge in [0.2, 0.25) is 5.91 Å². The van der Waals surface area contributed by atoms with E-state index in [0.717, 1.165) is 29.7 Å². The van der Waals surface area contributed by atoms with Gasteiger partial charge in [0.1, 0.15) is 6.10 Å². The zero-order valence-corrected chi connectivity index (χ0v) is 12.8. The van der Waals surface area contributed by atoms with E-state index in [0.29, 0.717) is 6.61 Å². The van der Waals surface area contributed by atoms with Crippen molar-refractivity contribution in [3.05, 3.63) is 29.3 Å². The molecular weight excluding hydrogens is 268 g/mol. The van der Waals surface area contributed by atoms with Crippen molar-refractivity contribution < 1.29 is 14.3 Å². The minimum absolute atomic E-state index is 0.0338. The van der Waals surface area contributed by atoms with Crippen LogP contribution in [0.2, 0.25) is 0 Å². The van der Waals surface area contributed by atoms with Crippen molar-refractivity contribution >= 4 is 17.5 Å². The lowest BCUT2D eigenvalue weighted by molar-refractivity contribution is -0.141. The number of hydrogen-bond donors (Lipinski definition) is 1. The van der Waals surface area contributed by atoms with Crippen molar-refractivity contribution in [2.24, 2.45) is 0 Å². The van der Waals surface area contributed by atoms with Crippen LogP contribution in [0.1, 0.15) is 24.0 Å². The van der Waals surface area contributed by atoms with Crippen molar-refractivity contribution in [1.82, 2.24) is 4.90 Å². The minimum atomic E-state index is -0.386. The average Bonchev–Trinajstić information content (AvgIpc) is 2.97. The van der Waals surface area contributed by atoms with Crippen LogP contribution < -0.4 is 5.32 Å². The van der Waals surface area contributed by atoms with E-state index in [1.165, 1.54) is 4.90 Å². The molecule has 2 rings (SSSR count). The summed E-state index contributed by atoms with van der Waals surface area (Å²) in [5.74, 6) is -0.318. The van der Waals surface area contributed by atoms with Gasteiger partial charge in [-0.15, -0.1) is 0 Å². The minimum Gasteiger partial charge on any atom is -0.368 e. The van der Waals surface area contributed by atoms with Crippen molar-refractivity contribution in [3.63, 3.8) is 0 Å². The summed E-state index contributed by atoms with van der Waals surface area (Å²) in [7, 11) is 1.63. The number of nitrogens with one attached hydrogen (secondary N) is 1. The molecule has 1 aromatic rings. The summed E-state index contributed by atoms with van der Waals surface area (Å²) in [5.41, 5.74) is 2.95. The molecule has 114 valence electrons. The molecule has 1 unspecified atom stereocenters. The normalized spacial score (nSPS) is 17.6. The first kappa shape index (κ1) is 15.5. The maximum Gasteiger partial charge on any atom is 0.251 e. The smallest absolute Gasteiger partial charge is 0.251 e. The van der Waals surface area contributed by atoms with Crippen LogP contribution in [0, 0.1) is 13.8 Å². The molecule has 5 heteroatoms. The molecule has 0 aromatic heterocycles. The van der Waals surface area contributed by atoms with Gasteiger partial charge in [-0.25, -0.2) is 0 Å². The molecular formula is C16H22N2O3. The first-order valence-corrected chi connectivity index (χ1v) is 7.21. The molecule has 1 N–H and O–H groups in total. The zero-order chi connectivity index (χ0) is 15.4. The van der Waals surface area contributed by atoms with Crippen molar-refractivity contribution in [2.75, 3.05) is 25.5 Å². The Kier molecular flexibility index (Phi) is 4.96. The van der Waals surface area contributed by atoms with Crippen molar-refractivity contribution in [3.8, 4) is 0 Å². The van der Waals surface area contributed by atoms with Gasteiger partial charge in [-0.1, -0.05) is 12.1 Å². The van der Waals surface area contributed by atoms with Crippen LogP contribution in [0.5, 0.6) is 0 Å². The number of rotatable bonds is 4. The fourth-order valence-electron chi connectivity index (χ4n) is 2.39. The third-order valence-electron chi connectivity index (χ3n) is 3.84. The SMILES string of the molecule is Cc1cccc(NC(=O)CN(C)C(=O)C2CCCO2)c1C. The van der Waals surface area contributed by atoms with Crippen LogP contribution in [-0.2, 0) is 14.3 Å². The highest BCUT2D eigenvalue weighted by Gasteiger charge is 2.27. The quantitative estimate of drug-likeness (QED) is 0.921. The summed E-state index contributed by atoms with van der Waals surface area (Å²) in [4.78, 5) is 25.6. The molecule has 0 aliphatic carbocycles. The molecule has 2 amide bonds. The van der Waals surface area contributed by atoms with Gasteiger partial charge in [-0.3, -0.25) is 9.59 Å². The van der Waals surface area contributed by atoms with Crippen molar-refractivity contribution in [2.45, 2.75) is 32.8 Å². The van der Waals surface area contributed by atoms with Gasteiger partial charge >= 0.3 is 0 Å². The van der Waals surface area contributed by atoms with Crippen molar-refractivity contribution in [1.29, 1.82) is 0 Å². The van der Waals surface area contributed by atoms with Crippen LogP contribution in [0.25, 0.3) is 0 Å². The average molecular weight is 290 g/mol. The third-order valence-corrected chi connectivity index (χ3v) is 3.84. The lowest BCUT2D eigenvalue weighted by Gasteiger charge is -2.20. The highest BCUT2D eigenvalue weighted by molar-refractivity contribution is 5.95. The first-order chi connectivity index (χ1) is 9.99. The second-order valence-corrected chi connectivity index (χ2v) is 5.49. The highest BCUT2D eigenvalue weighted by atomic mass is 16.5. The first-order valence-electron chi connectivity index (χ1n) is 7.21. The lowest BCUT2D eigenvalue weighted by atomic mass is 10.1. The maximum atomic E-state index is 12.1. The number of aryl methyl sites for hydroxylation is 1. The molecule has 1 heterocycles. The third kappa shape index (κ3) is 3.82. The molecule has 1 saturated heterocycles. The second kappa shape index (κ2) is 6.72. The van der Waals surface area contributed by atoms with Gasteiger partial charge in [0.25, 0.3) is 5.91 Å². The Morgan fingerprint density at radius 1 is 1.38 bits per heavy atom. The molecule has 0 radical (unpaired) electrons. The van der Waals surface area contributed by atoms with Crippen LogP contribution in [0.15, 0.2) is 18.2 Å². The number of nitrogens with zero attached hydrogens (tertiary/aromatic N) is 1. The Bertz CT molecular complexity index is 536. The van der Waals surface area contributed by atoms with E-state index in [4.69, 9.17) is 4.74 Å². The van der Waals surface area contributed by atoms with Gasteiger partial charge in [0, 0.05) is 19.3 Å². The number of benzene rings is 1. The Morgan fingerprint density at radius 2 is 2.14 bits per heavy atom. The molecule has 1 atom stereocenters. The van der Waals surface area contributed by atoms with Crippen LogP contribution in [0.4, 0.5) is 5.69 Å². The topological polar surface area (TPSA) is 58.6 Å². The molecule has 5 nitrogen and oxygen atoms in total. The van der Waals surface area contributed by atoms with Crippen LogP contribution in [-0.4, -0.2) is 43.0 Å². The monoisotopic (exact) mass is 290 g/mol. The fraction of sp³-hybridized carbons (Fsp3) is 0.500. The van der Waals surface area contributed by atoms with E-state index in [-0.39, 0.29) is 24.5 Å². The molecule has 1 aliphatic rings. The molecule has 0 bridgehead atoms. The molecule has 1 aromatic carbocycles. The fourth-order valence-corrected chi connectivity index (χ4v) is 2.39. The molecule has 1 fully saturated rings. The number of carbonyl (C=O) groups is 2. The second-order valence-electron chi connectivity index (χ2n) is 5.49. The maximum absolute atomic E-state index is 12.1. The van der Waals surface area contributed by atoms with E-state index in [1.54, 1.807) is 7.05 Å². The van der Waals surface area contributed by atoms with E-state index >= 15 is 0 Å². The van der Waals surface area contributed by atoms with E-state index in [9.17, 15) is 9.59 Å². The predicted molar refractivity (Wildman–Crippen MR) is 81.2 cm³/mol. The number of likely N-dealkylation sites (N-methyl/N-ethyl adjacent to an activating group) is 1. The summed E-state index contributed by atoms with van der Waals surface area (Å²) < 4.78 is 5.35. The van der Waals surface area contributed by atoms with Gasteiger partial charge in [0.15, 0.2) is 0 Å². The van der Waals surface area contributed by atoms with E-state index < -0.39 is 0 Å². The van der Waals surface area contributed by atoms with E-state index in [1.807, 2.05) is 32.0 Å². The summed E-state index contributed by atoms with van der Waals surface area (Å²) in [6.07, 6.45) is 1.25. The number of ether oxygens (including phenoxy) is 1. The standard InChI is InChI=1S/C16H22N2O3/c1-11-6-4-7-13(12(11)2)17-15(19)10-18(3)16(20)14-8-5-9-21-14/h4,6-7,14H,5,8-10H2,1-3H3,(H,17,19). The predicted octanol–water partition coefficient (Wildman–Crippen LogP) is 1.88. The lowest BCUT2D eigenvalue weighted by Crippen LogP contribution is -2.40. The number of amides is 2. The van der Waals surface area contributed by atoms with E-state index in [2.05, 4.69) is 5.32 Å². The summed E-state index contributed by atoms with van der Waals surface area (Å²) in [5, 5.41) is 2.85. The summed E-state index contributed by atoms with van der Waals surface area (Å²) >= 11 is 0. The molecule has 0 saturated carbocycles. The number of hydrogen-bond acceptors (Lipinski definition) is 3. The number of carbonyl (C=O) groups excluding carboxylic acids is 2. The molecule has 1 aliphatic heterocycles.